The Morgan fingerprint density at radius 2 is 2.44 bits per heavy atom. The van der Waals surface area contributed by atoms with Crippen LogP contribution in [-0.4, -0.2) is 26.8 Å². The summed E-state index contributed by atoms with van der Waals surface area (Å²) in [5.74, 6) is 0. The van der Waals surface area contributed by atoms with Gasteiger partial charge in [-0.1, -0.05) is 6.07 Å². The second kappa shape index (κ2) is 5.27. The second-order valence-corrected chi connectivity index (χ2v) is 6.99. The molecule has 0 aromatic carbocycles. The highest BCUT2D eigenvalue weighted by atomic mass is 32.2. The predicted octanol–water partition coefficient (Wildman–Crippen LogP) is 0.919. The Morgan fingerprint density at radius 3 is 3.06 bits per heavy atom. The molecule has 0 amide bonds. The first-order valence-electron chi connectivity index (χ1n) is 5.40. The van der Waals surface area contributed by atoms with Gasteiger partial charge in [0.1, 0.15) is 0 Å². The molecule has 90 valence electrons. The average molecular weight is 260 g/mol. The Kier molecular flexibility index (Phi) is 3.96. The monoisotopic (exact) mass is 260 g/mol. The van der Waals surface area contributed by atoms with Crippen LogP contribution in [0.4, 0.5) is 0 Å². The highest BCUT2D eigenvalue weighted by Crippen LogP contribution is 2.13. The fourth-order valence-corrected chi connectivity index (χ4v) is 3.93. The molecule has 2 N–H and O–H groups in total. The predicted molar refractivity (Wildman–Crippen MR) is 66.0 cm³/mol. The van der Waals surface area contributed by atoms with Gasteiger partial charge in [-0.05, 0) is 30.8 Å². The zero-order valence-corrected chi connectivity index (χ0v) is 10.6. The Bertz CT molecular complexity index is 408. The molecule has 1 aromatic rings. The van der Waals surface area contributed by atoms with Gasteiger partial charge in [-0.3, -0.25) is 0 Å². The second-order valence-electron chi connectivity index (χ2n) is 3.91. The molecule has 0 aliphatic carbocycles. The quantitative estimate of drug-likeness (QED) is 0.846. The normalized spacial score (nSPS) is 22.1. The average Bonchev–Trinajstić information content (AvgIpc) is 2.81. The lowest BCUT2D eigenvalue weighted by Crippen LogP contribution is -2.43. The zero-order chi connectivity index (χ0) is 11.4. The van der Waals surface area contributed by atoms with Crippen LogP contribution in [0.2, 0.25) is 0 Å². The largest absolute Gasteiger partial charge is 0.315 e. The third-order valence-electron chi connectivity index (χ3n) is 2.72. The van der Waals surface area contributed by atoms with Crippen LogP contribution in [0.5, 0.6) is 0 Å². The summed E-state index contributed by atoms with van der Waals surface area (Å²) in [7, 11) is -3.17. The maximum Gasteiger partial charge on any atom is 0.216 e. The maximum atomic E-state index is 11.9. The first kappa shape index (κ1) is 12.0. The van der Waals surface area contributed by atoms with Gasteiger partial charge < -0.3 is 5.32 Å². The molecule has 4 nitrogen and oxygen atoms in total. The lowest BCUT2D eigenvalue weighted by molar-refractivity contribution is 0.490. The van der Waals surface area contributed by atoms with Crippen molar-refractivity contribution in [1.82, 2.24) is 10.0 Å². The van der Waals surface area contributed by atoms with Crippen LogP contribution in [0.1, 0.15) is 17.7 Å². The minimum atomic E-state index is -3.17. The lowest BCUT2D eigenvalue weighted by atomic mass is 10.2. The van der Waals surface area contributed by atoms with Gasteiger partial charge in [0.25, 0.3) is 0 Å². The molecule has 1 saturated heterocycles. The fraction of sp³-hybridized carbons (Fsp3) is 0.600. The molecular weight excluding hydrogens is 244 g/mol. The lowest BCUT2D eigenvalue weighted by Gasteiger charge is -2.22. The van der Waals surface area contributed by atoms with E-state index in [4.69, 9.17) is 0 Å². The minimum Gasteiger partial charge on any atom is -0.315 e. The molecule has 2 heterocycles. The number of sulfonamides is 1. The third-order valence-corrected chi connectivity index (χ3v) is 5.42. The van der Waals surface area contributed by atoms with Crippen molar-refractivity contribution in [3.63, 3.8) is 0 Å². The molecule has 1 atom stereocenters. The zero-order valence-electron chi connectivity index (χ0n) is 8.98. The fourth-order valence-electron chi connectivity index (χ4n) is 1.79. The Hall–Kier alpha value is -0.430. The van der Waals surface area contributed by atoms with Crippen LogP contribution in [0.3, 0.4) is 0 Å². The molecule has 1 aromatic heterocycles. The van der Waals surface area contributed by atoms with Crippen LogP contribution in [-0.2, 0) is 16.6 Å². The van der Waals surface area contributed by atoms with Gasteiger partial charge in [0.15, 0.2) is 0 Å². The van der Waals surface area contributed by atoms with Crippen molar-refractivity contribution >= 4 is 21.4 Å². The topological polar surface area (TPSA) is 58.2 Å². The standard InChI is InChI=1S/C10H16N2O2S2/c13-16(14,10-4-1-5-11-8-10)12-7-9-3-2-6-15-9/h2-3,6,10-12H,1,4-5,7-8H2. The molecule has 0 spiro atoms. The molecule has 0 radical (unpaired) electrons. The van der Waals surface area contributed by atoms with Crippen molar-refractivity contribution in [2.75, 3.05) is 13.1 Å². The van der Waals surface area contributed by atoms with E-state index in [2.05, 4.69) is 10.0 Å². The van der Waals surface area contributed by atoms with Crippen molar-refractivity contribution in [2.45, 2.75) is 24.6 Å². The summed E-state index contributed by atoms with van der Waals surface area (Å²) in [5.41, 5.74) is 0. The summed E-state index contributed by atoms with van der Waals surface area (Å²) in [6, 6.07) is 3.86. The Morgan fingerprint density at radius 1 is 1.56 bits per heavy atom. The van der Waals surface area contributed by atoms with Gasteiger partial charge in [0, 0.05) is 18.0 Å². The van der Waals surface area contributed by atoms with Crippen LogP contribution < -0.4 is 10.0 Å². The molecule has 1 aliphatic rings. The van der Waals surface area contributed by atoms with Crippen LogP contribution in [0, 0.1) is 0 Å². The number of rotatable bonds is 4. The van der Waals surface area contributed by atoms with Crippen molar-refractivity contribution in [1.29, 1.82) is 0 Å². The summed E-state index contributed by atoms with van der Waals surface area (Å²) in [6.45, 7) is 1.91. The summed E-state index contributed by atoms with van der Waals surface area (Å²) in [5, 5.41) is 4.79. The highest BCUT2D eigenvalue weighted by molar-refractivity contribution is 7.90. The van der Waals surface area contributed by atoms with E-state index in [1.54, 1.807) is 11.3 Å². The van der Waals surface area contributed by atoms with E-state index in [-0.39, 0.29) is 5.25 Å². The van der Waals surface area contributed by atoms with Gasteiger partial charge in [-0.2, -0.15) is 0 Å². The number of nitrogens with one attached hydrogen (secondary N) is 2. The van der Waals surface area contributed by atoms with E-state index in [9.17, 15) is 8.42 Å². The van der Waals surface area contributed by atoms with E-state index < -0.39 is 10.0 Å². The number of hydrogen-bond acceptors (Lipinski definition) is 4. The third kappa shape index (κ3) is 3.04. The van der Waals surface area contributed by atoms with Crippen molar-refractivity contribution in [3.05, 3.63) is 22.4 Å². The molecule has 0 bridgehead atoms. The van der Waals surface area contributed by atoms with Gasteiger partial charge >= 0.3 is 0 Å². The van der Waals surface area contributed by atoms with Crippen molar-refractivity contribution < 1.29 is 8.42 Å². The number of hydrogen-bond donors (Lipinski definition) is 2. The molecule has 1 fully saturated rings. The van der Waals surface area contributed by atoms with Gasteiger partial charge in [-0.25, -0.2) is 13.1 Å². The molecule has 16 heavy (non-hydrogen) atoms. The van der Waals surface area contributed by atoms with Crippen LogP contribution in [0.15, 0.2) is 17.5 Å². The molecule has 2 rings (SSSR count). The van der Waals surface area contributed by atoms with Crippen molar-refractivity contribution in [3.8, 4) is 0 Å². The van der Waals surface area contributed by atoms with Crippen molar-refractivity contribution in [2.24, 2.45) is 0 Å². The smallest absolute Gasteiger partial charge is 0.216 e. The first-order chi connectivity index (χ1) is 7.68. The van der Waals surface area contributed by atoms with E-state index in [1.807, 2.05) is 17.5 Å². The van der Waals surface area contributed by atoms with E-state index in [1.165, 1.54) is 0 Å². The molecule has 0 saturated carbocycles. The van der Waals surface area contributed by atoms with E-state index in [0.29, 0.717) is 13.1 Å². The Balaban J connectivity index is 1.91. The van der Waals surface area contributed by atoms with Gasteiger partial charge in [0.2, 0.25) is 10.0 Å². The van der Waals surface area contributed by atoms with Gasteiger partial charge in [0.05, 0.1) is 5.25 Å². The summed E-state index contributed by atoms with van der Waals surface area (Å²) < 4.78 is 26.5. The SMILES string of the molecule is O=S(=O)(NCc1cccs1)C1CCCNC1. The van der Waals surface area contributed by atoms with E-state index >= 15 is 0 Å². The first-order valence-corrected chi connectivity index (χ1v) is 7.83. The number of piperidine rings is 1. The maximum absolute atomic E-state index is 11.9. The number of thiophene rings is 1. The summed E-state index contributed by atoms with van der Waals surface area (Å²) in [6.07, 6.45) is 1.69. The van der Waals surface area contributed by atoms with Gasteiger partial charge in [-0.15, -0.1) is 11.3 Å². The summed E-state index contributed by atoms with van der Waals surface area (Å²) >= 11 is 1.57. The van der Waals surface area contributed by atoms with E-state index in [0.717, 1.165) is 24.3 Å². The van der Waals surface area contributed by atoms with Crippen LogP contribution in [0.25, 0.3) is 0 Å². The highest BCUT2D eigenvalue weighted by Gasteiger charge is 2.26. The molecule has 1 aliphatic heterocycles. The minimum absolute atomic E-state index is 0.277. The molecular formula is C10H16N2O2S2. The Labute approximate surface area is 100 Å². The summed E-state index contributed by atoms with van der Waals surface area (Å²) in [4.78, 5) is 1.05. The molecule has 6 heteroatoms. The molecule has 1 unspecified atom stereocenters. The van der Waals surface area contributed by atoms with Crippen LogP contribution >= 0.6 is 11.3 Å².